The number of halogens is 8. The average molecular weight is 1010 g/mol. The fraction of sp³-hybridized carbons (Fsp3) is 0.429. The van der Waals surface area contributed by atoms with Crippen molar-refractivity contribution in [2.75, 3.05) is 39.1 Å². The first-order valence-corrected chi connectivity index (χ1v) is 24.2. The first-order chi connectivity index (χ1) is 28.8. The van der Waals surface area contributed by atoms with Crippen LogP contribution in [0.15, 0.2) is 71.4 Å². The summed E-state index contributed by atoms with van der Waals surface area (Å²) in [5.41, 5.74) is 7.16. The predicted octanol–water partition coefficient (Wildman–Crippen LogP) is 12.6. The summed E-state index contributed by atoms with van der Waals surface area (Å²) in [6, 6.07) is 20.4. The number of hydrogen-bond acceptors (Lipinski definition) is 10. The van der Waals surface area contributed by atoms with E-state index in [2.05, 4.69) is 35.0 Å². The summed E-state index contributed by atoms with van der Waals surface area (Å²) in [6.45, 7) is 0. The Morgan fingerprint density at radius 1 is 0.500 bits per heavy atom. The maximum absolute atomic E-state index is 8.10. The maximum atomic E-state index is 8.10. The zero-order valence-corrected chi connectivity index (χ0v) is 40.0. The largest absolute Gasteiger partial charge is 0.349 e. The summed E-state index contributed by atoms with van der Waals surface area (Å²) >= 11 is 54.8. The highest BCUT2D eigenvalue weighted by Crippen LogP contribution is 2.84. The van der Waals surface area contributed by atoms with E-state index in [0.717, 1.165) is 20.9 Å². The molecule has 0 saturated heterocycles. The molecule has 316 valence electrons. The van der Waals surface area contributed by atoms with E-state index in [9.17, 15) is 0 Å². The van der Waals surface area contributed by atoms with Gasteiger partial charge in [0.15, 0.2) is 0 Å². The first-order valence-electron chi connectivity index (χ1n) is 18.8. The topological polar surface area (TPSA) is 88.5 Å². The lowest BCUT2D eigenvalue weighted by Gasteiger charge is -2.49. The van der Waals surface area contributed by atoms with E-state index in [1.807, 2.05) is 36.4 Å². The van der Waals surface area contributed by atoms with Crippen molar-refractivity contribution in [3.05, 3.63) is 94.2 Å². The van der Waals surface area contributed by atoms with Crippen molar-refractivity contribution < 1.29 is 18.9 Å². The highest BCUT2D eigenvalue weighted by molar-refractivity contribution is 7.13. The summed E-state index contributed by atoms with van der Waals surface area (Å²) in [5, 5.41) is 4.50. The Hall–Kier alpha value is -1.32. The second kappa shape index (κ2) is 15.7. The van der Waals surface area contributed by atoms with Crippen LogP contribution in [0.5, 0.6) is 0 Å². The van der Waals surface area contributed by atoms with E-state index in [-0.39, 0.29) is 34.3 Å². The average Bonchev–Trinajstić information content (AvgIpc) is 4.09. The van der Waals surface area contributed by atoms with Gasteiger partial charge in [-0.1, -0.05) is 24.3 Å². The van der Waals surface area contributed by atoms with Gasteiger partial charge >= 0.3 is 0 Å². The lowest BCUT2D eigenvalue weighted by atomic mass is 9.59. The van der Waals surface area contributed by atoms with Crippen LogP contribution in [-0.2, 0) is 38.4 Å². The molecule has 8 nitrogen and oxygen atoms in total. The second-order valence-corrected chi connectivity index (χ2v) is 21.1. The summed E-state index contributed by atoms with van der Waals surface area (Å²) in [5.74, 6) is -4.28. The minimum atomic E-state index is -1.51. The van der Waals surface area contributed by atoms with Crippen LogP contribution < -0.4 is 0 Å². The van der Waals surface area contributed by atoms with Gasteiger partial charge in [-0.15, -0.1) is 115 Å². The summed E-state index contributed by atoms with van der Waals surface area (Å²) < 4.78 is 25.6. The van der Waals surface area contributed by atoms with Crippen molar-refractivity contribution in [1.82, 2.24) is 19.9 Å². The molecule has 4 bridgehead atoms. The van der Waals surface area contributed by atoms with Gasteiger partial charge in [-0.25, -0.2) is 19.9 Å². The standard InChI is InChI=1S/C40H32Cl4N4O4S2.2CH2Cl2/c1-49-39(50-2)35(41)21-17-24-22(18-23(21)37(39,43)33-31(35)45-25-11-9-19(15-27(25)47-33)29-7-5-13-53-29)36(42)32-34(38(24,44)40(36,51-3)52-4)48-28-16-20(10-12-26(28)46-32)30-8-6-14-54-30;2*2-1-3/h5-16,21-24H,17-18H2,1-4H3;2*1H2/t21-,22-,23+,24+,35-,36-,37+,38+;;/m0../s1. The number of fused-ring (bicyclic) bond motifs is 18. The fourth-order valence-corrected chi connectivity index (χ4v) is 15.7. The van der Waals surface area contributed by atoms with E-state index in [0.29, 0.717) is 57.7 Å². The van der Waals surface area contributed by atoms with Gasteiger partial charge in [0.25, 0.3) is 0 Å². The minimum absolute atomic E-state index is 0.194. The van der Waals surface area contributed by atoms with Crippen molar-refractivity contribution >= 4 is 138 Å². The summed E-state index contributed by atoms with van der Waals surface area (Å²) in [4.78, 5) is 17.9. The van der Waals surface area contributed by atoms with Crippen molar-refractivity contribution in [3.63, 3.8) is 0 Å². The molecule has 3 saturated carbocycles. The third-order valence-electron chi connectivity index (χ3n) is 13.4. The van der Waals surface area contributed by atoms with Crippen molar-refractivity contribution in [3.8, 4) is 20.9 Å². The smallest absolute Gasteiger partial charge is 0.219 e. The van der Waals surface area contributed by atoms with Crippen molar-refractivity contribution in [2.45, 2.75) is 43.9 Å². The summed E-state index contributed by atoms with van der Waals surface area (Å²) in [6.07, 6.45) is 0.970. The number of thiophene rings is 2. The number of rotatable bonds is 6. The van der Waals surface area contributed by atoms with Crippen LogP contribution in [0, 0.1) is 23.7 Å². The SMILES string of the molecule is COC1(OC)[C@@]2(Cl)c3nc4ccc(-c5cccs5)cc4nc3[C@]1(Cl)[C@@H]1C[C@H]3[C@@H](C[C@@H]12)[C@@]1(Cl)c2nc4cc(-c5cccs5)ccc4nc2[C@]3(Cl)C1(OC)OC.ClCCl.ClCCl. The zero-order chi connectivity index (χ0) is 42.6. The van der Waals surface area contributed by atoms with Crippen LogP contribution in [0.25, 0.3) is 42.9 Å². The molecule has 0 spiro atoms. The molecular formula is C42H36Cl8N4O4S2. The van der Waals surface area contributed by atoms with Gasteiger partial charge in [0.05, 0.1) is 55.5 Å². The van der Waals surface area contributed by atoms with Crippen LogP contribution in [0.4, 0.5) is 0 Å². The van der Waals surface area contributed by atoms with Gasteiger partial charge in [0, 0.05) is 38.2 Å². The van der Waals surface area contributed by atoms with Crippen LogP contribution in [-0.4, -0.2) is 70.6 Å². The molecular weight excluding hydrogens is 972 g/mol. The maximum Gasteiger partial charge on any atom is 0.219 e. The third-order valence-corrected chi connectivity index (χ3v) is 18.1. The number of hydrogen-bond donors (Lipinski definition) is 0. The van der Waals surface area contributed by atoms with Gasteiger partial charge in [-0.2, -0.15) is 0 Å². The second-order valence-electron chi connectivity index (χ2n) is 15.2. The van der Waals surface area contributed by atoms with E-state index in [1.165, 1.54) is 0 Å². The minimum Gasteiger partial charge on any atom is -0.349 e. The summed E-state index contributed by atoms with van der Waals surface area (Å²) in [7, 11) is 6.36. The molecule has 2 aromatic carbocycles. The molecule has 0 aliphatic heterocycles. The molecule has 0 amide bonds. The van der Waals surface area contributed by atoms with E-state index < -0.39 is 31.1 Å². The molecule has 0 N–H and O–H groups in total. The Labute approximate surface area is 395 Å². The number of alkyl halides is 8. The molecule has 6 aromatic rings. The van der Waals surface area contributed by atoms with E-state index in [1.54, 1.807) is 51.1 Å². The predicted molar refractivity (Wildman–Crippen MR) is 246 cm³/mol. The number of methoxy groups -OCH3 is 4. The Morgan fingerprint density at radius 2 is 0.800 bits per heavy atom. The molecule has 18 heteroatoms. The number of ether oxygens (including phenoxy) is 4. The molecule has 4 aromatic heterocycles. The number of benzene rings is 2. The lowest BCUT2D eigenvalue weighted by Crippen LogP contribution is -2.54. The number of nitrogens with zero attached hydrogens (tertiary/aromatic N) is 4. The van der Waals surface area contributed by atoms with Gasteiger partial charge in [-0.3, -0.25) is 0 Å². The molecule has 5 aliphatic carbocycles. The lowest BCUT2D eigenvalue weighted by molar-refractivity contribution is -0.241. The van der Waals surface area contributed by atoms with Crippen LogP contribution in [0.3, 0.4) is 0 Å². The Balaban J connectivity index is 0.000000730. The highest BCUT2D eigenvalue weighted by atomic mass is 35.5. The van der Waals surface area contributed by atoms with Gasteiger partial charge < -0.3 is 18.9 Å². The quantitative estimate of drug-likeness (QED) is 0.120. The molecule has 4 heterocycles. The molecule has 3 fully saturated rings. The van der Waals surface area contributed by atoms with Gasteiger partial charge in [0.2, 0.25) is 11.6 Å². The Bertz CT molecular complexity index is 2420. The highest BCUT2D eigenvalue weighted by Gasteiger charge is 2.91. The molecule has 5 aliphatic rings. The zero-order valence-electron chi connectivity index (χ0n) is 32.3. The Kier molecular flexibility index (Phi) is 11.5. The normalized spacial score (nSPS) is 31.8. The molecule has 0 unspecified atom stereocenters. The van der Waals surface area contributed by atoms with Crippen LogP contribution in [0.1, 0.15) is 35.6 Å². The van der Waals surface area contributed by atoms with E-state index >= 15 is 0 Å². The fourth-order valence-electron chi connectivity index (χ4n) is 11.5. The molecule has 0 radical (unpaired) electrons. The van der Waals surface area contributed by atoms with Crippen molar-refractivity contribution in [1.29, 1.82) is 0 Å². The monoisotopic (exact) mass is 1000 g/mol. The van der Waals surface area contributed by atoms with E-state index in [4.69, 9.17) is 132 Å². The van der Waals surface area contributed by atoms with Crippen LogP contribution >= 0.6 is 115 Å². The van der Waals surface area contributed by atoms with Gasteiger partial charge in [0.1, 0.15) is 19.5 Å². The molecule has 11 rings (SSSR count). The first kappa shape index (κ1) is 43.9. The molecule has 8 atom stereocenters. The number of aromatic nitrogens is 4. The Morgan fingerprint density at radius 3 is 1.07 bits per heavy atom. The van der Waals surface area contributed by atoms with Crippen molar-refractivity contribution in [2.24, 2.45) is 23.7 Å². The van der Waals surface area contributed by atoms with Crippen LogP contribution in [0.2, 0.25) is 0 Å². The van der Waals surface area contributed by atoms with Gasteiger partial charge in [-0.05, 0) is 94.8 Å². The molecule has 60 heavy (non-hydrogen) atoms. The third kappa shape index (κ3) is 5.27.